The monoisotopic (exact) mass is 408 g/mol. The maximum absolute atomic E-state index is 11.4. The molecule has 29 heavy (non-hydrogen) atoms. The van der Waals surface area contributed by atoms with Gasteiger partial charge < -0.3 is 20.1 Å². The van der Waals surface area contributed by atoms with Crippen LogP contribution in [0.3, 0.4) is 0 Å². The van der Waals surface area contributed by atoms with Gasteiger partial charge in [0.2, 0.25) is 0 Å². The number of ketones is 1. The molecule has 0 amide bonds. The number of Topliss-reactive ketones (excluding diaryl/α,β-unsaturated/α-hetero) is 1. The van der Waals surface area contributed by atoms with E-state index in [1.807, 2.05) is 0 Å². The Balaban J connectivity index is 1.80. The number of carbonyl (C=O) groups excluding carboxylic acids is 1. The van der Waals surface area contributed by atoms with Crippen molar-refractivity contribution in [2.45, 2.75) is 110 Å². The molecule has 3 rings (SSSR count). The lowest BCUT2D eigenvalue weighted by molar-refractivity contribution is -0.143. The molecule has 0 saturated heterocycles. The van der Waals surface area contributed by atoms with Crippen LogP contribution >= 0.6 is 0 Å². The normalized spacial score (nSPS) is 47.1. The third-order valence-corrected chi connectivity index (χ3v) is 9.29. The average molecular weight is 409 g/mol. The first-order chi connectivity index (χ1) is 13.6. The first-order valence-electron chi connectivity index (χ1n) is 12.2. The van der Waals surface area contributed by atoms with E-state index in [0.29, 0.717) is 36.0 Å². The Bertz CT molecular complexity index is 563. The molecule has 0 radical (unpaired) electrons. The molecule has 0 heterocycles. The number of hydrogen-bond acceptors (Lipinski definition) is 4. The molecule has 3 aliphatic carbocycles. The van der Waals surface area contributed by atoms with Gasteiger partial charge in [0.1, 0.15) is 5.78 Å². The van der Waals surface area contributed by atoms with Gasteiger partial charge in [0.15, 0.2) is 0 Å². The summed E-state index contributed by atoms with van der Waals surface area (Å²) in [5.41, 5.74) is 0.110. The summed E-state index contributed by atoms with van der Waals surface area (Å²) in [5.74, 6) is 2.49. The van der Waals surface area contributed by atoms with Crippen molar-refractivity contribution >= 4 is 5.78 Å². The molecule has 3 N–H and O–H groups in total. The van der Waals surface area contributed by atoms with E-state index < -0.39 is 0 Å². The number of fused-ring (bicyclic) bond motifs is 3. The second kappa shape index (κ2) is 9.36. The van der Waals surface area contributed by atoms with Crippen LogP contribution in [0.15, 0.2) is 0 Å². The molecule has 3 saturated carbocycles. The second-order valence-electron chi connectivity index (χ2n) is 11.3. The lowest BCUT2D eigenvalue weighted by Gasteiger charge is -2.57. The molecular weight excluding hydrogens is 364 g/mol. The van der Waals surface area contributed by atoms with Crippen molar-refractivity contribution in [3.8, 4) is 0 Å². The third-order valence-electron chi connectivity index (χ3n) is 9.29. The van der Waals surface area contributed by atoms with E-state index in [2.05, 4.69) is 20.8 Å². The maximum atomic E-state index is 11.4. The van der Waals surface area contributed by atoms with E-state index >= 15 is 0 Å². The molecule has 0 aromatic carbocycles. The highest BCUT2D eigenvalue weighted by Gasteiger charge is 2.55. The van der Waals surface area contributed by atoms with Gasteiger partial charge in [-0.2, -0.15) is 0 Å². The van der Waals surface area contributed by atoms with Gasteiger partial charge >= 0.3 is 0 Å². The molecule has 0 spiro atoms. The van der Waals surface area contributed by atoms with E-state index in [9.17, 15) is 20.1 Å². The van der Waals surface area contributed by atoms with Crippen molar-refractivity contribution < 1.29 is 20.1 Å². The lowest BCUT2D eigenvalue weighted by atomic mass is 9.49. The Hall–Kier alpha value is -0.450. The predicted molar refractivity (Wildman–Crippen MR) is 115 cm³/mol. The van der Waals surface area contributed by atoms with Gasteiger partial charge in [0.25, 0.3) is 0 Å². The van der Waals surface area contributed by atoms with Crippen LogP contribution in [-0.4, -0.2) is 39.4 Å². The Morgan fingerprint density at radius 2 is 1.76 bits per heavy atom. The van der Waals surface area contributed by atoms with Gasteiger partial charge in [-0.1, -0.05) is 27.2 Å². The fourth-order valence-electron chi connectivity index (χ4n) is 7.32. The summed E-state index contributed by atoms with van der Waals surface area (Å²) in [5, 5.41) is 32.5. The van der Waals surface area contributed by atoms with E-state index in [0.717, 1.165) is 57.8 Å². The van der Waals surface area contributed by atoms with E-state index in [1.54, 1.807) is 6.92 Å². The molecule has 0 unspecified atom stereocenters. The van der Waals surface area contributed by atoms with Crippen molar-refractivity contribution in [3.63, 3.8) is 0 Å². The Kier molecular flexibility index (Phi) is 7.49. The summed E-state index contributed by atoms with van der Waals surface area (Å²) < 4.78 is 0. The van der Waals surface area contributed by atoms with Crippen LogP contribution in [-0.2, 0) is 4.79 Å². The van der Waals surface area contributed by atoms with Crippen LogP contribution < -0.4 is 0 Å². The zero-order chi connectivity index (χ0) is 21.3. The number of aliphatic hydroxyl groups excluding tert-OH is 3. The summed E-state index contributed by atoms with van der Waals surface area (Å²) in [6, 6.07) is 0. The zero-order valence-electron chi connectivity index (χ0n) is 19.0. The van der Waals surface area contributed by atoms with E-state index in [1.165, 1.54) is 0 Å². The van der Waals surface area contributed by atoms with Crippen molar-refractivity contribution in [1.29, 1.82) is 0 Å². The summed E-state index contributed by atoms with van der Waals surface area (Å²) in [6.45, 7) is 8.58. The topological polar surface area (TPSA) is 77.8 Å². The molecule has 0 aromatic heterocycles. The maximum Gasteiger partial charge on any atom is 0.129 e. The fraction of sp³-hybridized carbons (Fsp3) is 0.960. The van der Waals surface area contributed by atoms with Crippen molar-refractivity contribution in [3.05, 3.63) is 0 Å². The van der Waals surface area contributed by atoms with Gasteiger partial charge in [-0.05, 0) is 99.2 Å². The van der Waals surface area contributed by atoms with Crippen LogP contribution in [0.5, 0.6) is 0 Å². The molecule has 3 fully saturated rings. The molecule has 3 aliphatic rings. The molecule has 0 bridgehead atoms. The van der Waals surface area contributed by atoms with Crippen LogP contribution in [0.2, 0.25) is 0 Å². The highest BCUT2D eigenvalue weighted by atomic mass is 16.3. The molecule has 0 aromatic rings. The van der Waals surface area contributed by atoms with Gasteiger partial charge in [-0.3, -0.25) is 0 Å². The molecule has 4 heteroatoms. The highest BCUT2D eigenvalue weighted by molar-refractivity contribution is 5.75. The molecule has 4 nitrogen and oxygen atoms in total. The molecule has 10 atom stereocenters. The number of carbonyl (C=O) groups is 1. The number of hydrogen-bond donors (Lipinski definition) is 3. The first kappa shape index (κ1) is 23.2. The second-order valence-corrected chi connectivity index (χ2v) is 11.3. The predicted octanol–water partition coefficient (Wildman–Crippen LogP) is 4.34. The van der Waals surface area contributed by atoms with Gasteiger partial charge in [0.05, 0.1) is 18.3 Å². The van der Waals surface area contributed by atoms with Crippen molar-refractivity contribution in [2.75, 3.05) is 0 Å². The standard InChI is InChI=1S/C25H44O4/c1-15(5-7-17(3)26)18-8-6-16(2)24-22(14-21(28)11-18)25(4)10-9-20(27)12-19(25)13-23(24)29/h15-16,18-24,27-29H,5-14H2,1-4H3/t15-,16+,18+,19+,20-,21-,22+,23-,24+,25+/m1/s1. The van der Waals surface area contributed by atoms with Crippen molar-refractivity contribution in [2.24, 2.45) is 40.9 Å². The molecule has 168 valence electrons. The van der Waals surface area contributed by atoms with Crippen LogP contribution in [0.1, 0.15) is 91.9 Å². The lowest BCUT2D eigenvalue weighted by Crippen LogP contribution is -2.54. The summed E-state index contributed by atoms with van der Waals surface area (Å²) in [4.78, 5) is 11.4. The fourth-order valence-corrected chi connectivity index (χ4v) is 7.32. The Labute approximate surface area is 177 Å². The van der Waals surface area contributed by atoms with Gasteiger partial charge in [-0.25, -0.2) is 0 Å². The summed E-state index contributed by atoms with van der Waals surface area (Å²) in [7, 11) is 0. The van der Waals surface area contributed by atoms with Crippen LogP contribution in [0.4, 0.5) is 0 Å². The largest absolute Gasteiger partial charge is 0.393 e. The van der Waals surface area contributed by atoms with E-state index in [-0.39, 0.29) is 35.4 Å². The summed E-state index contributed by atoms with van der Waals surface area (Å²) >= 11 is 0. The Morgan fingerprint density at radius 3 is 2.45 bits per heavy atom. The molecular formula is C25H44O4. The van der Waals surface area contributed by atoms with Crippen LogP contribution in [0.25, 0.3) is 0 Å². The quantitative estimate of drug-likeness (QED) is 0.646. The minimum atomic E-state index is -0.341. The van der Waals surface area contributed by atoms with E-state index in [4.69, 9.17) is 0 Å². The number of rotatable bonds is 4. The first-order valence-corrected chi connectivity index (χ1v) is 12.2. The highest BCUT2D eigenvalue weighted by Crippen LogP contribution is 2.59. The minimum absolute atomic E-state index is 0.110. The number of aliphatic hydroxyl groups is 3. The minimum Gasteiger partial charge on any atom is -0.393 e. The molecule has 0 aliphatic heterocycles. The summed E-state index contributed by atoms with van der Waals surface area (Å²) in [6.07, 6.45) is 7.84. The average Bonchev–Trinajstić information content (AvgIpc) is 2.70. The zero-order valence-corrected chi connectivity index (χ0v) is 19.0. The van der Waals surface area contributed by atoms with Crippen molar-refractivity contribution in [1.82, 2.24) is 0 Å². The SMILES string of the molecule is CC(=O)CC[C@@H](C)[C@H]1CC[C@H](C)[C@@H]2[C@H](O)C[C@@H]3C[C@H](O)CC[C@]3(C)[C@H]2C[C@H](O)C1. The third kappa shape index (κ3) is 5.07. The van der Waals surface area contributed by atoms with Crippen LogP contribution in [0, 0.1) is 40.9 Å². The van der Waals surface area contributed by atoms with Gasteiger partial charge in [0, 0.05) is 6.42 Å². The smallest absolute Gasteiger partial charge is 0.129 e. The van der Waals surface area contributed by atoms with Gasteiger partial charge in [-0.15, -0.1) is 0 Å². The Morgan fingerprint density at radius 1 is 1.03 bits per heavy atom.